The van der Waals surface area contributed by atoms with Crippen molar-refractivity contribution < 1.29 is 0 Å². The Hall–Kier alpha value is -1.09. The van der Waals surface area contributed by atoms with Gasteiger partial charge in [-0.15, -0.1) is 0 Å². The molecule has 3 heteroatoms. The van der Waals surface area contributed by atoms with Crippen LogP contribution in [0.1, 0.15) is 44.5 Å². The fourth-order valence-electron chi connectivity index (χ4n) is 1.99. The van der Waals surface area contributed by atoms with Crippen LogP contribution < -0.4 is 5.73 Å². The Morgan fingerprint density at radius 1 is 1.33 bits per heavy atom. The van der Waals surface area contributed by atoms with Crippen molar-refractivity contribution in [2.24, 2.45) is 5.41 Å². The van der Waals surface area contributed by atoms with Crippen LogP contribution in [0.2, 0.25) is 0 Å². The molecule has 0 aliphatic heterocycles. The molecule has 102 valence electrons. The van der Waals surface area contributed by atoms with Gasteiger partial charge in [0, 0.05) is 24.5 Å². The summed E-state index contributed by atoms with van der Waals surface area (Å²) < 4.78 is 0. The first-order chi connectivity index (χ1) is 8.14. The third kappa shape index (κ3) is 3.22. The molecular weight excluding hydrogens is 222 g/mol. The summed E-state index contributed by atoms with van der Waals surface area (Å²) in [5.41, 5.74) is 10.4. The third-order valence-corrected chi connectivity index (χ3v) is 3.99. The van der Waals surface area contributed by atoms with Gasteiger partial charge in [-0.3, -0.25) is 9.88 Å². The predicted molar refractivity (Wildman–Crippen MR) is 78.5 cm³/mol. The lowest BCUT2D eigenvalue weighted by atomic mass is 9.87. The van der Waals surface area contributed by atoms with Crippen molar-refractivity contribution in [3.8, 4) is 0 Å². The van der Waals surface area contributed by atoms with E-state index in [0.717, 1.165) is 29.1 Å². The minimum atomic E-state index is 0.263. The van der Waals surface area contributed by atoms with E-state index >= 15 is 0 Å². The monoisotopic (exact) mass is 249 g/mol. The molecule has 1 atom stereocenters. The van der Waals surface area contributed by atoms with Crippen LogP contribution in [-0.4, -0.2) is 23.0 Å². The minimum absolute atomic E-state index is 0.263. The van der Waals surface area contributed by atoms with E-state index in [-0.39, 0.29) is 5.41 Å². The van der Waals surface area contributed by atoms with E-state index < -0.39 is 0 Å². The van der Waals surface area contributed by atoms with Gasteiger partial charge in [0.2, 0.25) is 0 Å². The molecule has 0 bridgehead atoms. The summed E-state index contributed by atoms with van der Waals surface area (Å²) in [6.45, 7) is 13.9. The molecular formula is C15H27N3. The van der Waals surface area contributed by atoms with E-state index in [1.54, 1.807) is 0 Å². The number of rotatable bonds is 3. The molecule has 0 saturated carbocycles. The first-order valence-electron chi connectivity index (χ1n) is 6.55. The fraction of sp³-hybridized carbons (Fsp3) is 0.667. The second-order valence-electron chi connectivity index (χ2n) is 6.38. The van der Waals surface area contributed by atoms with Gasteiger partial charge < -0.3 is 5.73 Å². The molecule has 0 radical (unpaired) electrons. The molecule has 0 amide bonds. The zero-order chi connectivity index (χ0) is 14.1. The predicted octanol–water partition coefficient (Wildman–Crippen LogP) is 3.15. The highest BCUT2D eigenvalue weighted by Crippen LogP contribution is 2.25. The minimum Gasteiger partial charge on any atom is -0.398 e. The summed E-state index contributed by atoms with van der Waals surface area (Å²) in [5.74, 6) is 0. The number of hydrogen-bond acceptors (Lipinski definition) is 3. The van der Waals surface area contributed by atoms with Gasteiger partial charge in [-0.05, 0) is 44.4 Å². The van der Waals surface area contributed by atoms with E-state index in [1.807, 2.05) is 13.1 Å². The number of anilines is 1. The summed E-state index contributed by atoms with van der Waals surface area (Å²) >= 11 is 0. The van der Waals surface area contributed by atoms with Crippen molar-refractivity contribution in [2.45, 2.75) is 54.1 Å². The van der Waals surface area contributed by atoms with E-state index in [4.69, 9.17) is 5.73 Å². The van der Waals surface area contributed by atoms with Gasteiger partial charge >= 0.3 is 0 Å². The standard InChI is InChI=1S/C15H27N3/c1-10-8-17-13(11(2)14(10)16)9-18(7)12(3)15(4,5)6/h8,12H,9H2,1-7H3,(H2,16,17). The molecule has 0 aliphatic rings. The van der Waals surface area contributed by atoms with Crippen LogP contribution in [0.5, 0.6) is 0 Å². The topological polar surface area (TPSA) is 42.2 Å². The number of nitrogens with zero attached hydrogens (tertiary/aromatic N) is 2. The molecule has 0 aliphatic carbocycles. The lowest BCUT2D eigenvalue weighted by Crippen LogP contribution is -2.39. The summed E-state index contributed by atoms with van der Waals surface area (Å²) in [7, 11) is 2.15. The molecule has 0 saturated heterocycles. The average molecular weight is 249 g/mol. The number of aryl methyl sites for hydroxylation is 1. The van der Waals surface area contributed by atoms with E-state index in [1.165, 1.54) is 0 Å². The Morgan fingerprint density at radius 2 is 1.89 bits per heavy atom. The Kier molecular flexibility index (Phi) is 4.38. The Bertz CT molecular complexity index is 418. The van der Waals surface area contributed by atoms with Gasteiger partial charge in [0.05, 0.1) is 5.69 Å². The first kappa shape index (κ1) is 15.0. The SMILES string of the molecule is Cc1cnc(CN(C)C(C)C(C)(C)C)c(C)c1N. The van der Waals surface area contributed by atoms with Crippen LogP contribution in [0.4, 0.5) is 5.69 Å². The van der Waals surface area contributed by atoms with Gasteiger partial charge in [0.25, 0.3) is 0 Å². The van der Waals surface area contributed by atoms with Crippen LogP contribution >= 0.6 is 0 Å². The number of nitrogens with two attached hydrogens (primary N) is 1. The Labute approximate surface area is 111 Å². The highest BCUT2D eigenvalue weighted by Gasteiger charge is 2.24. The van der Waals surface area contributed by atoms with Gasteiger partial charge in [-0.25, -0.2) is 0 Å². The second-order valence-corrected chi connectivity index (χ2v) is 6.38. The molecule has 1 aromatic heterocycles. The van der Waals surface area contributed by atoms with Crippen molar-refractivity contribution in [1.29, 1.82) is 0 Å². The van der Waals surface area contributed by atoms with Crippen molar-refractivity contribution in [3.63, 3.8) is 0 Å². The largest absolute Gasteiger partial charge is 0.398 e. The van der Waals surface area contributed by atoms with E-state index in [0.29, 0.717) is 6.04 Å². The molecule has 2 N–H and O–H groups in total. The van der Waals surface area contributed by atoms with Gasteiger partial charge in [-0.1, -0.05) is 20.8 Å². The van der Waals surface area contributed by atoms with Crippen LogP contribution in [0, 0.1) is 19.3 Å². The van der Waals surface area contributed by atoms with E-state index in [9.17, 15) is 0 Å². The second kappa shape index (κ2) is 5.27. The Morgan fingerprint density at radius 3 is 2.39 bits per heavy atom. The lowest BCUT2D eigenvalue weighted by molar-refractivity contribution is 0.133. The number of aromatic nitrogens is 1. The van der Waals surface area contributed by atoms with Gasteiger partial charge in [-0.2, -0.15) is 0 Å². The molecule has 1 aromatic rings. The summed E-state index contributed by atoms with van der Waals surface area (Å²) in [5, 5.41) is 0. The normalized spacial score (nSPS) is 14.0. The zero-order valence-electron chi connectivity index (χ0n) is 12.8. The quantitative estimate of drug-likeness (QED) is 0.895. The van der Waals surface area contributed by atoms with Crippen LogP contribution in [0.3, 0.4) is 0 Å². The van der Waals surface area contributed by atoms with Crippen molar-refractivity contribution in [2.75, 3.05) is 12.8 Å². The molecule has 0 fully saturated rings. The third-order valence-electron chi connectivity index (χ3n) is 3.99. The van der Waals surface area contributed by atoms with Gasteiger partial charge in [0.1, 0.15) is 0 Å². The molecule has 0 aromatic carbocycles. The summed E-state index contributed by atoms with van der Waals surface area (Å²) in [6.07, 6.45) is 1.87. The highest BCUT2D eigenvalue weighted by atomic mass is 15.1. The number of pyridine rings is 1. The fourth-order valence-corrected chi connectivity index (χ4v) is 1.99. The molecule has 3 nitrogen and oxygen atoms in total. The van der Waals surface area contributed by atoms with Crippen LogP contribution in [-0.2, 0) is 6.54 Å². The maximum absolute atomic E-state index is 6.06. The molecule has 1 unspecified atom stereocenters. The van der Waals surface area contributed by atoms with Gasteiger partial charge in [0.15, 0.2) is 0 Å². The van der Waals surface area contributed by atoms with Crippen LogP contribution in [0.15, 0.2) is 6.20 Å². The average Bonchev–Trinajstić information content (AvgIpc) is 2.27. The van der Waals surface area contributed by atoms with Crippen molar-refractivity contribution in [1.82, 2.24) is 9.88 Å². The lowest BCUT2D eigenvalue weighted by Gasteiger charge is -2.35. The highest BCUT2D eigenvalue weighted by molar-refractivity contribution is 5.53. The summed E-state index contributed by atoms with van der Waals surface area (Å²) in [6, 6.07) is 0.487. The first-order valence-corrected chi connectivity index (χ1v) is 6.55. The maximum atomic E-state index is 6.06. The number of nitrogen functional groups attached to an aromatic ring is 1. The summed E-state index contributed by atoms with van der Waals surface area (Å²) in [4.78, 5) is 6.86. The van der Waals surface area contributed by atoms with Crippen LogP contribution in [0.25, 0.3) is 0 Å². The Balaban J connectivity index is 2.89. The maximum Gasteiger partial charge on any atom is 0.0593 e. The van der Waals surface area contributed by atoms with E-state index in [2.05, 4.69) is 51.6 Å². The number of hydrogen-bond donors (Lipinski definition) is 1. The van der Waals surface area contributed by atoms with Crippen molar-refractivity contribution in [3.05, 3.63) is 23.0 Å². The smallest absolute Gasteiger partial charge is 0.0593 e. The molecule has 0 spiro atoms. The zero-order valence-corrected chi connectivity index (χ0v) is 12.8. The molecule has 18 heavy (non-hydrogen) atoms. The molecule has 1 heterocycles. The van der Waals surface area contributed by atoms with Crippen molar-refractivity contribution >= 4 is 5.69 Å². The molecule has 1 rings (SSSR count).